The molecule has 1 saturated heterocycles. The molecule has 12 heteroatoms. The van der Waals surface area contributed by atoms with Crippen LogP contribution in [-0.2, 0) is 11.3 Å². The van der Waals surface area contributed by atoms with Gasteiger partial charge in [-0.1, -0.05) is 12.1 Å². The summed E-state index contributed by atoms with van der Waals surface area (Å²) in [7, 11) is 0. The predicted octanol–water partition coefficient (Wildman–Crippen LogP) is -0.0222. The molecule has 1 saturated carbocycles. The lowest BCUT2D eigenvalue weighted by Gasteiger charge is -2.37. The fourth-order valence-corrected chi connectivity index (χ4v) is 4.76. The van der Waals surface area contributed by atoms with Crippen molar-refractivity contribution in [3.8, 4) is 5.69 Å². The van der Waals surface area contributed by atoms with Crippen LogP contribution in [0, 0.1) is 0 Å². The van der Waals surface area contributed by atoms with E-state index in [0.717, 1.165) is 37.8 Å². The molecule has 0 radical (unpaired) electrons. The SMILES string of the molecule is CC(N)(CO)C(=O)N1CCN(C(=O)Nc2ccn(-c3ccc(CNC4CCC(N)CC4)cc3)c(=O)n2)CC1. The molecule has 0 bridgehead atoms. The Morgan fingerprint density at radius 2 is 1.68 bits per heavy atom. The van der Waals surface area contributed by atoms with Gasteiger partial charge >= 0.3 is 11.7 Å². The van der Waals surface area contributed by atoms with Crippen molar-refractivity contribution < 1.29 is 14.7 Å². The molecule has 2 aliphatic rings. The number of hydrogen-bond acceptors (Lipinski definition) is 8. The van der Waals surface area contributed by atoms with E-state index in [1.165, 1.54) is 21.3 Å². The molecule has 1 unspecified atom stereocenters. The molecule has 38 heavy (non-hydrogen) atoms. The van der Waals surface area contributed by atoms with Crippen molar-refractivity contribution in [1.82, 2.24) is 24.7 Å². The second kappa shape index (κ2) is 12.0. The number of aromatic nitrogens is 2. The topological polar surface area (TPSA) is 172 Å². The first-order chi connectivity index (χ1) is 18.2. The van der Waals surface area contributed by atoms with Gasteiger partial charge in [0.15, 0.2) is 0 Å². The second-order valence-electron chi connectivity index (χ2n) is 10.4. The number of carbonyl (C=O) groups is 2. The molecule has 3 amide bonds. The van der Waals surface area contributed by atoms with Gasteiger partial charge in [0.1, 0.15) is 11.4 Å². The molecular formula is C26H38N8O4. The van der Waals surface area contributed by atoms with Crippen LogP contribution in [0.4, 0.5) is 10.6 Å². The van der Waals surface area contributed by atoms with Crippen LogP contribution in [0.5, 0.6) is 0 Å². The maximum atomic E-state index is 12.7. The first-order valence-electron chi connectivity index (χ1n) is 13.1. The van der Waals surface area contributed by atoms with Crippen molar-refractivity contribution in [3.05, 3.63) is 52.6 Å². The minimum Gasteiger partial charge on any atom is -0.394 e. The summed E-state index contributed by atoms with van der Waals surface area (Å²) in [6.07, 6.45) is 5.88. The van der Waals surface area contributed by atoms with E-state index in [2.05, 4.69) is 15.6 Å². The summed E-state index contributed by atoms with van der Waals surface area (Å²) in [5.41, 5.74) is 11.8. The maximum absolute atomic E-state index is 12.7. The largest absolute Gasteiger partial charge is 0.394 e. The molecule has 1 aromatic heterocycles. The number of aliphatic hydroxyl groups excluding tert-OH is 1. The van der Waals surface area contributed by atoms with E-state index in [9.17, 15) is 19.5 Å². The highest BCUT2D eigenvalue weighted by Gasteiger charge is 2.34. The maximum Gasteiger partial charge on any atom is 0.354 e. The summed E-state index contributed by atoms with van der Waals surface area (Å²) in [4.78, 5) is 44.8. The molecule has 206 valence electrons. The first-order valence-corrected chi connectivity index (χ1v) is 13.1. The van der Waals surface area contributed by atoms with Crippen LogP contribution >= 0.6 is 0 Å². The van der Waals surface area contributed by atoms with Crippen molar-refractivity contribution in [2.45, 2.75) is 56.8 Å². The van der Waals surface area contributed by atoms with Crippen molar-refractivity contribution in [2.75, 3.05) is 38.1 Å². The number of nitrogens with one attached hydrogen (secondary N) is 2. The average Bonchev–Trinajstić information content (AvgIpc) is 2.93. The lowest BCUT2D eigenvalue weighted by molar-refractivity contribution is -0.139. The summed E-state index contributed by atoms with van der Waals surface area (Å²) in [5.74, 6) is -0.207. The van der Waals surface area contributed by atoms with Crippen molar-refractivity contribution in [2.24, 2.45) is 11.5 Å². The van der Waals surface area contributed by atoms with Crippen LogP contribution in [0.2, 0.25) is 0 Å². The standard InChI is InChI=1S/C26H38N8O4/c1-26(28,17-35)23(36)32-12-14-33(15-13-32)24(37)30-22-10-11-34(25(38)31-22)21-8-2-18(3-9-21)16-29-20-6-4-19(27)5-7-20/h2-3,8-11,19-20,29,35H,4-7,12-17,27-28H2,1H3,(H,30,31,37,38). The Labute approximate surface area is 222 Å². The Morgan fingerprint density at radius 1 is 1.05 bits per heavy atom. The number of anilines is 1. The molecule has 2 aromatic rings. The quantitative estimate of drug-likeness (QED) is 0.335. The molecule has 0 spiro atoms. The van der Waals surface area contributed by atoms with Crippen molar-refractivity contribution >= 4 is 17.8 Å². The first kappa shape index (κ1) is 27.7. The molecule has 1 atom stereocenters. The molecule has 1 aromatic carbocycles. The molecular weight excluding hydrogens is 488 g/mol. The summed E-state index contributed by atoms with van der Waals surface area (Å²) in [5, 5.41) is 15.6. The van der Waals surface area contributed by atoms with E-state index in [1.54, 1.807) is 12.3 Å². The fourth-order valence-electron chi connectivity index (χ4n) is 4.76. The zero-order chi connectivity index (χ0) is 27.3. The Morgan fingerprint density at radius 3 is 2.29 bits per heavy atom. The molecule has 4 rings (SSSR count). The Kier molecular flexibility index (Phi) is 8.77. The minimum absolute atomic E-state index is 0.151. The highest BCUT2D eigenvalue weighted by Crippen LogP contribution is 2.18. The third-order valence-electron chi connectivity index (χ3n) is 7.29. The monoisotopic (exact) mass is 526 g/mol. The van der Waals surface area contributed by atoms with E-state index < -0.39 is 23.9 Å². The number of rotatable bonds is 7. The number of piperazine rings is 1. The van der Waals surface area contributed by atoms with Gasteiger partial charge in [-0.2, -0.15) is 4.98 Å². The van der Waals surface area contributed by atoms with Gasteiger partial charge in [-0.3, -0.25) is 14.7 Å². The van der Waals surface area contributed by atoms with Crippen LogP contribution in [0.3, 0.4) is 0 Å². The highest BCUT2D eigenvalue weighted by molar-refractivity contribution is 5.89. The zero-order valence-corrected chi connectivity index (χ0v) is 21.8. The van der Waals surface area contributed by atoms with Crippen LogP contribution in [0.25, 0.3) is 5.69 Å². The number of benzene rings is 1. The smallest absolute Gasteiger partial charge is 0.354 e. The summed E-state index contributed by atoms with van der Waals surface area (Å²) in [6, 6.07) is 9.70. The third kappa shape index (κ3) is 6.76. The molecule has 2 heterocycles. The van der Waals surface area contributed by atoms with E-state index in [4.69, 9.17) is 11.5 Å². The van der Waals surface area contributed by atoms with Crippen LogP contribution in [0.15, 0.2) is 41.3 Å². The van der Waals surface area contributed by atoms with E-state index >= 15 is 0 Å². The van der Waals surface area contributed by atoms with E-state index in [-0.39, 0.29) is 11.7 Å². The third-order valence-corrected chi connectivity index (χ3v) is 7.29. The van der Waals surface area contributed by atoms with Gasteiger partial charge < -0.3 is 31.7 Å². The number of hydrogen-bond donors (Lipinski definition) is 5. The molecule has 1 aliphatic heterocycles. The van der Waals surface area contributed by atoms with Gasteiger partial charge in [-0.15, -0.1) is 0 Å². The van der Waals surface area contributed by atoms with Crippen LogP contribution in [-0.4, -0.2) is 86.8 Å². The Bertz CT molecular complexity index is 1170. The highest BCUT2D eigenvalue weighted by atomic mass is 16.3. The lowest BCUT2D eigenvalue weighted by atomic mass is 9.92. The lowest BCUT2D eigenvalue weighted by Crippen LogP contribution is -2.60. The molecule has 2 fully saturated rings. The van der Waals surface area contributed by atoms with Crippen LogP contribution < -0.4 is 27.8 Å². The molecule has 7 N–H and O–H groups in total. The summed E-state index contributed by atoms with van der Waals surface area (Å²) in [6.45, 7) is 2.97. The van der Waals surface area contributed by atoms with Gasteiger partial charge in [0, 0.05) is 51.0 Å². The van der Waals surface area contributed by atoms with Gasteiger partial charge in [0.2, 0.25) is 5.91 Å². The predicted molar refractivity (Wildman–Crippen MR) is 144 cm³/mol. The van der Waals surface area contributed by atoms with E-state index in [0.29, 0.717) is 44.0 Å². The number of carbonyl (C=O) groups excluding carboxylic acids is 2. The van der Waals surface area contributed by atoms with Gasteiger partial charge in [0.25, 0.3) is 0 Å². The number of nitrogens with two attached hydrogens (primary N) is 2. The van der Waals surface area contributed by atoms with Gasteiger partial charge in [-0.05, 0) is 56.4 Å². The second-order valence-corrected chi connectivity index (χ2v) is 10.4. The molecule has 12 nitrogen and oxygen atoms in total. The Hall–Kier alpha value is -3.32. The van der Waals surface area contributed by atoms with Gasteiger partial charge in [0.05, 0.1) is 12.3 Å². The average molecular weight is 527 g/mol. The number of nitrogens with zero attached hydrogens (tertiary/aromatic N) is 4. The summed E-state index contributed by atoms with van der Waals surface area (Å²) < 4.78 is 1.42. The van der Waals surface area contributed by atoms with Gasteiger partial charge in [-0.25, -0.2) is 9.59 Å². The Balaban J connectivity index is 1.29. The summed E-state index contributed by atoms with van der Waals surface area (Å²) >= 11 is 0. The normalized spacial score (nSPS) is 21.6. The van der Waals surface area contributed by atoms with Crippen LogP contribution in [0.1, 0.15) is 38.2 Å². The number of aliphatic hydroxyl groups is 1. The minimum atomic E-state index is -1.35. The number of urea groups is 1. The molecule has 1 aliphatic carbocycles. The van der Waals surface area contributed by atoms with Crippen molar-refractivity contribution in [1.29, 1.82) is 0 Å². The zero-order valence-electron chi connectivity index (χ0n) is 21.8. The van der Waals surface area contributed by atoms with E-state index in [1.807, 2.05) is 24.3 Å². The van der Waals surface area contributed by atoms with Crippen molar-refractivity contribution in [3.63, 3.8) is 0 Å². The fraction of sp³-hybridized carbons (Fsp3) is 0.538. The number of amides is 3.